The molecule has 0 spiro atoms. The number of aromatic nitrogens is 1. The van der Waals surface area contributed by atoms with Crippen LogP contribution in [-0.2, 0) is 4.74 Å². The van der Waals surface area contributed by atoms with Crippen molar-refractivity contribution in [3.05, 3.63) is 48.7 Å². The maximum atomic E-state index is 11.9. The summed E-state index contributed by atoms with van der Waals surface area (Å²) in [5, 5.41) is 1.73. The van der Waals surface area contributed by atoms with Gasteiger partial charge in [0.05, 0.1) is 12.6 Å². The molecule has 0 fully saturated rings. The van der Waals surface area contributed by atoms with Gasteiger partial charge in [-0.25, -0.2) is 9.36 Å². The van der Waals surface area contributed by atoms with Gasteiger partial charge in [0.15, 0.2) is 0 Å². The molecule has 1 aromatic carbocycles. The third kappa shape index (κ3) is 2.08. The van der Waals surface area contributed by atoms with Gasteiger partial charge in [-0.05, 0) is 12.1 Å². The number of benzene rings is 1. The van der Waals surface area contributed by atoms with Crippen LogP contribution in [0, 0.1) is 0 Å². The normalized spacial score (nSPS) is 12.3. The highest BCUT2D eigenvalue weighted by Gasteiger charge is 2.19. The standard InChI is InChI=1S/C14H14BrNO2/c1-3-10(9-15)13-8-11-6-4-5-7-12(11)16(13)14(17)18-2/h3-8,10H,1,9H2,2H3. The van der Waals surface area contributed by atoms with E-state index in [4.69, 9.17) is 4.74 Å². The predicted molar refractivity (Wildman–Crippen MR) is 76.5 cm³/mol. The number of nitrogens with zero attached hydrogens (tertiary/aromatic N) is 1. The molecule has 0 amide bonds. The molecule has 1 heterocycles. The van der Waals surface area contributed by atoms with E-state index in [1.807, 2.05) is 36.4 Å². The zero-order chi connectivity index (χ0) is 13.1. The average Bonchev–Trinajstić information content (AvgIpc) is 2.78. The van der Waals surface area contributed by atoms with Crippen molar-refractivity contribution in [3.63, 3.8) is 0 Å². The summed E-state index contributed by atoms with van der Waals surface area (Å²) in [5.41, 5.74) is 1.74. The Morgan fingerprint density at radius 1 is 1.56 bits per heavy atom. The molecule has 0 saturated carbocycles. The van der Waals surface area contributed by atoms with Crippen LogP contribution in [0.15, 0.2) is 43.0 Å². The van der Waals surface area contributed by atoms with Crippen molar-refractivity contribution in [1.29, 1.82) is 0 Å². The smallest absolute Gasteiger partial charge is 0.418 e. The van der Waals surface area contributed by atoms with E-state index in [0.29, 0.717) is 5.33 Å². The van der Waals surface area contributed by atoms with Crippen molar-refractivity contribution in [2.75, 3.05) is 12.4 Å². The molecular weight excluding hydrogens is 294 g/mol. The SMILES string of the molecule is C=CC(CBr)c1cc2ccccc2n1C(=O)OC. The number of hydrogen-bond donors (Lipinski definition) is 0. The third-order valence-corrected chi connectivity index (χ3v) is 3.62. The molecule has 1 unspecified atom stereocenters. The van der Waals surface area contributed by atoms with Gasteiger partial charge in [0.25, 0.3) is 0 Å². The van der Waals surface area contributed by atoms with Gasteiger partial charge in [-0.2, -0.15) is 0 Å². The Kier molecular flexibility index (Phi) is 3.87. The van der Waals surface area contributed by atoms with Crippen LogP contribution in [0.3, 0.4) is 0 Å². The molecule has 1 atom stereocenters. The van der Waals surface area contributed by atoms with Gasteiger partial charge in [0.2, 0.25) is 0 Å². The Labute approximate surface area is 114 Å². The summed E-state index contributed by atoms with van der Waals surface area (Å²) in [6.45, 7) is 3.81. The lowest BCUT2D eigenvalue weighted by atomic mass is 10.1. The van der Waals surface area contributed by atoms with Gasteiger partial charge in [0.1, 0.15) is 0 Å². The van der Waals surface area contributed by atoms with Crippen molar-refractivity contribution in [2.24, 2.45) is 0 Å². The van der Waals surface area contributed by atoms with E-state index in [-0.39, 0.29) is 12.0 Å². The highest BCUT2D eigenvalue weighted by molar-refractivity contribution is 9.09. The number of fused-ring (bicyclic) bond motifs is 1. The van der Waals surface area contributed by atoms with Crippen LogP contribution < -0.4 is 0 Å². The minimum atomic E-state index is -0.376. The molecule has 94 valence electrons. The average molecular weight is 308 g/mol. The second-order valence-corrected chi connectivity index (χ2v) is 4.58. The fourth-order valence-corrected chi connectivity index (χ4v) is 2.60. The Hall–Kier alpha value is -1.55. The Bertz CT molecular complexity index is 588. The van der Waals surface area contributed by atoms with Crippen molar-refractivity contribution >= 4 is 32.9 Å². The predicted octanol–water partition coefficient (Wildman–Crippen LogP) is 3.92. The van der Waals surface area contributed by atoms with Crippen molar-refractivity contribution in [3.8, 4) is 0 Å². The molecule has 0 bridgehead atoms. The number of methoxy groups -OCH3 is 1. The first-order chi connectivity index (χ1) is 8.72. The first-order valence-electron chi connectivity index (χ1n) is 5.60. The molecule has 1 aromatic heterocycles. The van der Waals surface area contributed by atoms with E-state index in [1.165, 1.54) is 7.11 Å². The van der Waals surface area contributed by atoms with Gasteiger partial charge in [-0.1, -0.05) is 40.2 Å². The van der Waals surface area contributed by atoms with E-state index in [1.54, 1.807) is 4.57 Å². The molecule has 3 nitrogen and oxygen atoms in total. The molecule has 0 N–H and O–H groups in total. The number of ether oxygens (including phenoxy) is 1. The number of carbonyl (C=O) groups is 1. The van der Waals surface area contributed by atoms with E-state index in [2.05, 4.69) is 22.5 Å². The van der Waals surface area contributed by atoms with Gasteiger partial charge in [-0.15, -0.1) is 6.58 Å². The maximum absolute atomic E-state index is 11.9. The number of rotatable bonds is 3. The summed E-state index contributed by atoms with van der Waals surface area (Å²) in [5.74, 6) is 0.0662. The summed E-state index contributed by atoms with van der Waals surface area (Å²) < 4.78 is 6.46. The number of para-hydroxylation sites is 1. The minimum absolute atomic E-state index is 0.0662. The Morgan fingerprint density at radius 3 is 2.89 bits per heavy atom. The molecule has 0 saturated heterocycles. The molecule has 0 aliphatic carbocycles. The number of hydrogen-bond acceptors (Lipinski definition) is 2. The Morgan fingerprint density at radius 2 is 2.28 bits per heavy atom. The highest BCUT2D eigenvalue weighted by atomic mass is 79.9. The van der Waals surface area contributed by atoms with E-state index < -0.39 is 0 Å². The molecule has 18 heavy (non-hydrogen) atoms. The first-order valence-corrected chi connectivity index (χ1v) is 6.72. The van der Waals surface area contributed by atoms with Crippen LogP contribution >= 0.6 is 15.9 Å². The van der Waals surface area contributed by atoms with Gasteiger partial charge < -0.3 is 4.74 Å². The largest absolute Gasteiger partial charge is 0.452 e. The van der Waals surface area contributed by atoms with Gasteiger partial charge >= 0.3 is 6.09 Å². The summed E-state index contributed by atoms with van der Waals surface area (Å²) in [7, 11) is 1.39. The maximum Gasteiger partial charge on any atom is 0.418 e. The van der Waals surface area contributed by atoms with Gasteiger partial charge in [0, 0.05) is 22.3 Å². The van der Waals surface area contributed by atoms with Gasteiger partial charge in [-0.3, -0.25) is 0 Å². The molecule has 0 aliphatic heterocycles. The second-order valence-electron chi connectivity index (χ2n) is 3.93. The Balaban J connectivity index is 2.71. The summed E-state index contributed by atoms with van der Waals surface area (Å²) in [4.78, 5) is 11.9. The van der Waals surface area contributed by atoms with Crippen LogP contribution in [0.5, 0.6) is 0 Å². The molecule has 4 heteroatoms. The van der Waals surface area contributed by atoms with Crippen LogP contribution in [0.25, 0.3) is 10.9 Å². The monoisotopic (exact) mass is 307 g/mol. The fraction of sp³-hybridized carbons (Fsp3) is 0.214. The zero-order valence-corrected chi connectivity index (χ0v) is 11.7. The third-order valence-electron chi connectivity index (χ3n) is 2.93. The lowest BCUT2D eigenvalue weighted by Crippen LogP contribution is -2.16. The number of allylic oxidation sites excluding steroid dienone is 1. The van der Waals surface area contributed by atoms with Crippen molar-refractivity contribution in [2.45, 2.75) is 5.92 Å². The lowest BCUT2D eigenvalue weighted by molar-refractivity contribution is 0.173. The van der Waals surface area contributed by atoms with E-state index in [9.17, 15) is 4.79 Å². The van der Waals surface area contributed by atoms with E-state index in [0.717, 1.165) is 16.6 Å². The van der Waals surface area contributed by atoms with E-state index >= 15 is 0 Å². The molecule has 0 aliphatic rings. The lowest BCUT2D eigenvalue weighted by Gasteiger charge is -2.12. The minimum Gasteiger partial charge on any atom is -0.452 e. The van der Waals surface area contributed by atoms with Crippen LogP contribution in [0.2, 0.25) is 0 Å². The van der Waals surface area contributed by atoms with Crippen molar-refractivity contribution < 1.29 is 9.53 Å². The quantitative estimate of drug-likeness (QED) is 0.635. The fourth-order valence-electron chi connectivity index (χ4n) is 2.01. The number of alkyl halides is 1. The molecule has 0 radical (unpaired) electrons. The van der Waals surface area contributed by atoms with Crippen LogP contribution in [0.4, 0.5) is 4.79 Å². The second kappa shape index (κ2) is 5.40. The summed E-state index contributed by atoms with van der Waals surface area (Å²) in [6.07, 6.45) is 1.45. The summed E-state index contributed by atoms with van der Waals surface area (Å²) >= 11 is 3.44. The number of halogens is 1. The van der Waals surface area contributed by atoms with Crippen molar-refractivity contribution in [1.82, 2.24) is 4.57 Å². The molecule has 2 aromatic rings. The molecular formula is C14H14BrNO2. The highest BCUT2D eigenvalue weighted by Crippen LogP contribution is 2.27. The number of carbonyl (C=O) groups excluding carboxylic acids is 1. The topological polar surface area (TPSA) is 31.2 Å². The summed E-state index contributed by atoms with van der Waals surface area (Å²) in [6, 6.07) is 9.74. The zero-order valence-electron chi connectivity index (χ0n) is 10.1. The van der Waals surface area contributed by atoms with Crippen LogP contribution in [-0.4, -0.2) is 23.1 Å². The first kappa shape index (κ1) is 12.9. The molecule has 2 rings (SSSR count). The van der Waals surface area contributed by atoms with Crippen LogP contribution in [0.1, 0.15) is 11.6 Å².